The Morgan fingerprint density at radius 1 is 1.39 bits per heavy atom. The van der Waals surface area contributed by atoms with Crippen LogP contribution in [0, 0.1) is 0 Å². The summed E-state index contributed by atoms with van der Waals surface area (Å²) >= 11 is 1.65. The number of ether oxygens (including phenoxy) is 1. The van der Waals surface area contributed by atoms with Gasteiger partial charge in [0.1, 0.15) is 0 Å². The van der Waals surface area contributed by atoms with E-state index in [0.29, 0.717) is 18.6 Å². The number of rotatable bonds is 9. The fourth-order valence-corrected chi connectivity index (χ4v) is 2.96. The first-order valence-electron chi connectivity index (χ1n) is 7.73. The Morgan fingerprint density at radius 2 is 2.13 bits per heavy atom. The van der Waals surface area contributed by atoms with E-state index in [0.717, 1.165) is 23.4 Å². The van der Waals surface area contributed by atoms with Crippen LogP contribution >= 0.6 is 11.8 Å². The molecule has 6 heteroatoms. The molecule has 0 bridgehead atoms. The number of nitrogens with one attached hydrogen (secondary N) is 1. The van der Waals surface area contributed by atoms with Crippen LogP contribution in [0.25, 0.3) is 0 Å². The van der Waals surface area contributed by atoms with Gasteiger partial charge < -0.3 is 15.8 Å². The SMILES string of the molecule is CCCC(C)(N)C(=O)Nc1cccc(CSCCC(=O)OC)c1. The molecular formula is C17H26N2O3S. The number of thioether (sulfide) groups is 1. The van der Waals surface area contributed by atoms with Crippen LogP contribution in [0.15, 0.2) is 24.3 Å². The summed E-state index contributed by atoms with van der Waals surface area (Å²) in [7, 11) is 1.39. The molecule has 1 aromatic carbocycles. The number of carbonyl (C=O) groups is 2. The minimum Gasteiger partial charge on any atom is -0.469 e. The Bertz CT molecular complexity index is 532. The van der Waals surface area contributed by atoms with Crippen molar-refractivity contribution in [1.29, 1.82) is 0 Å². The molecule has 0 aliphatic heterocycles. The molecule has 5 nitrogen and oxygen atoms in total. The topological polar surface area (TPSA) is 81.4 Å². The van der Waals surface area contributed by atoms with Crippen LogP contribution in [0.3, 0.4) is 0 Å². The highest BCUT2D eigenvalue weighted by molar-refractivity contribution is 7.98. The number of esters is 1. The van der Waals surface area contributed by atoms with Crippen molar-refractivity contribution in [2.45, 2.75) is 44.4 Å². The van der Waals surface area contributed by atoms with E-state index in [4.69, 9.17) is 5.73 Å². The van der Waals surface area contributed by atoms with Gasteiger partial charge in [-0.25, -0.2) is 0 Å². The summed E-state index contributed by atoms with van der Waals surface area (Å²) in [6.45, 7) is 3.75. The number of anilines is 1. The van der Waals surface area contributed by atoms with Crippen molar-refractivity contribution in [2.24, 2.45) is 5.73 Å². The third-order valence-corrected chi connectivity index (χ3v) is 4.45. The Morgan fingerprint density at radius 3 is 2.78 bits per heavy atom. The third kappa shape index (κ3) is 7.05. The smallest absolute Gasteiger partial charge is 0.306 e. The van der Waals surface area contributed by atoms with Gasteiger partial charge in [-0.3, -0.25) is 9.59 Å². The average Bonchev–Trinajstić information content (AvgIpc) is 2.51. The predicted molar refractivity (Wildman–Crippen MR) is 95.4 cm³/mol. The molecule has 1 rings (SSSR count). The van der Waals surface area contributed by atoms with E-state index >= 15 is 0 Å². The van der Waals surface area contributed by atoms with Gasteiger partial charge in [0.2, 0.25) is 5.91 Å². The molecule has 0 aliphatic carbocycles. The number of benzene rings is 1. The second-order valence-electron chi connectivity index (χ2n) is 5.70. The molecule has 0 spiro atoms. The quantitative estimate of drug-likeness (QED) is 0.534. The van der Waals surface area contributed by atoms with Gasteiger partial charge in [0.25, 0.3) is 0 Å². The highest BCUT2D eigenvalue weighted by Gasteiger charge is 2.27. The van der Waals surface area contributed by atoms with Crippen molar-refractivity contribution < 1.29 is 14.3 Å². The lowest BCUT2D eigenvalue weighted by Crippen LogP contribution is -2.48. The summed E-state index contributed by atoms with van der Waals surface area (Å²) in [5.41, 5.74) is 7.01. The molecule has 0 saturated heterocycles. The molecule has 0 heterocycles. The minimum absolute atomic E-state index is 0.171. The fourth-order valence-electron chi connectivity index (χ4n) is 2.09. The third-order valence-electron chi connectivity index (χ3n) is 3.42. The standard InChI is InChI=1S/C17H26N2O3S/c1-4-9-17(2,18)16(21)19-14-7-5-6-13(11-14)12-23-10-8-15(20)22-3/h5-7,11H,4,8-10,12,18H2,1-3H3,(H,19,21). The van der Waals surface area contributed by atoms with E-state index in [1.165, 1.54) is 7.11 Å². The van der Waals surface area contributed by atoms with Crippen LogP contribution in [0.1, 0.15) is 38.7 Å². The normalized spacial score (nSPS) is 13.2. The summed E-state index contributed by atoms with van der Waals surface area (Å²) in [5.74, 6) is 1.11. The van der Waals surface area contributed by atoms with Crippen molar-refractivity contribution in [3.05, 3.63) is 29.8 Å². The summed E-state index contributed by atoms with van der Waals surface area (Å²) in [6, 6.07) is 7.68. The summed E-state index contributed by atoms with van der Waals surface area (Å²) < 4.78 is 4.61. The number of amides is 1. The summed E-state index contributed by atoms with van der Waals surface area (Å²) in [5, 5.41) is 2.88. The minimum atomic E-state index is -0.861. The average molecular weight is 338 g/mol. The van der Waals surface area contributed by atoms with Crippen LogP contribution in [0.5, 0.6) is 0 Å². The maximum Gasteiger partial charge on any atom is 0.306 e. The molecule has 1 amide bonds. The van der Waals surface area contributed by atoms with E-state index < -0.39 is 5.54 Å². The zero-order valence-corrected chi connectivity index (χ0v) is 14.9. The Kier molecular flexibility index (Phi) is 8.12. The van der Waals surface area contributed by atoms with Crippen molar-refractivity contribution in [2.75, 3.05) is 18.2 Å². The highest BCUT2D eigenvalue weighted by atomic mass is 32.2. The molecule has 1 aromatic rings. The first kappa shape index (κ1) is 19.5. The molecule has 0 saturated carbocycles. The van der Waals surface area contributed by atoms with Gasteiger partial charge >= 0.3 is 5.97 Å². The first-order chi connectivity index (χ1) is 10.9. The lowest BCUT2D eigenvalue weighted by Gasteiger charge is -2.23. The van der Waals surface area contributed by atoms with Crippen LogP contribution in [-0.4, -0.2) is 30.3 Å². The van der Waals surface area contributed by atoms with E-state index in [2.05, 4.69) is 10.1 Å². The van der Waals surface area contributed by atoms with Crippen molar-refractivity contribution in [3.63, 3.8) is 0 Å². The van der Waals surface area contributed by atoms with Gasteiger partial charge in [0.15, 0.2) is 0 Å². The van der Waals surface area contributed by atoms with Crippen LogP contribution in [0.2, 0.25) is 0 Å². The second kappa shape index (κ2) is 9.57. The largest absolute Gasteiger partial charge is 0.469 e. The molecule has 0 radical (unpaired) electrons. The zero-order chi connectivity index (χ0) is 17.3. The van der Waals surface area contributed by atoms with Gasteiger partial charge in [0.05, 0.1) is 19.1 Å². The van der Waals surface area contributed by atoms with Crippen LogP contribution < -0.4 is 11.1 Å². The monoisotopic (exact) mass is 338 g/mol. The number of nitrogens with two attached hydrogens (primary N) is 1. The zero-order valence-electron chi connectivity index (χ0n) is 14.1. The molecule has 128 valence electrons. The fraction of sp³-hybridized carbons (Fsp3) is 0.529. The molecular weight excluding hydrogens is 312 g/mol. The molecule has 23 heavy (non-hydrogen) atoms. The van der Waals surface area contributed by atoms with Gasteiger partial charge in [-0.15, -0.1) is 0 Å². The van der Waals surface area contributed by atoms with Crippen molar-refractivity contribution in [1.82, 2.24) is 0 Å². The Balaban J connectivity index is 2.53. The molecule has 0 fully saturated rings. The van der Waals surface area contributed by atoms with Crippen LogP contribution in [-0.2, 0) is 20.1 Å². The maximum absolute atomic E-state index is 12.2. The van der Waals surface area contributed by atoms with E-state index in [9.17, 15) is 9.59 Å². The molecule has 3 N–H and O–H groups in total. The highest BCUT2D eigenvalue weighted by Crippen LogP contribution is 2.19. The predicted octanol–water partition coefficient (Wildman–Crippen LogP) is 2.94. The molecule has 1 unspecified atom stereocenters. The van der Waals surface area contributed by atoms with E-state index in [1.807, 2.05) is 31.2 Å². The number of carbonyl (C=O) groups excluding carboxylic acids is 2. The number of methoxy groups -OCH3 is 1. The second-order valence-corrected chi connectivity index (χ2v) is 6.81. The van der Waals surface area contributed by atoms with Gasteiger partial charge in [-0.2, -0.15) is 11.8 Å². The van der Waals surface area contributed by atoms with Crippen LogP contribution in [0.4, 0.5) is 5.69 Å². The number of hydrogen-bond donors (Lipinski definition) is 2. The van der Waals surface area contributed by atoms with E-state index in [1.54, 1.807) is 18.7 Å². The summed E-state index contributed by atoms with van der Waals surface area (Å²) in [4.78, 5) is 23.3. The first-order valence-corrected chi connectivity index (χ1v) is 8.88. The maximum atomic E-state index is 12.2. The lowest BCUT2D eigenvalue weighted by molar-refractivity contribution is -0.140. The van der Waals surface area contributed by atoms with Crippen molar-refractivity contribution >= 4 is 29.3 Å². The Labute approximate surface area is 142 Å². The lowest BCUT2D eigenvalue weighted by atomic mass is 9.96. The Hall–Kier alpha value is -1.53. The molecule has 1 atom stereocenters. The van der Waals surface area contributed by atoms with Gasteiger partial charge in [-0.1, -0.05) is 25.5 Å². The van der Waals surface area contributed by atoms with Crippen molar-refractivity contribution in [3.8, 4) is 0 Å². The van der Waals surface area contributed by atoms with Gasteiger partial charge in [-0.05, 0) is 31.0 Å². The van der Waals surface area contributed by atoms with Gasteiger partial charge in [0, 0.05) is 17.2 Å². The van der Waals surface area contributed by atoms with E-state index in [-0.39, 0.29) is 11.9 Å². The number of hydrogen-bond acceptors (Lipinski definition) is 5. The molecule has 0 aromatic heterocycles. The summed E-state index contributed by atoms with van der Waals surface area (Å²) in [6.07, 6.45) is 1.90. The molecule has 0 aliphatic rings.